The molecule has 1 amide bonds. The molecule has 3 heterocycles. The number of aryl methyl sites for hydroxylation is 1. The normalized spacial score (nSPS) is 15.4. The van der Waals surface area contributed by atoms with Gasteiger partial charge in [-0.25, -0.2) is 5.01 Å². The number of thioether (sulfide) groups is 1. The van der Waals surface area contributed by atoms with Crippen molar-refractivity contribution in [2.45, 2.75) is 24.6 Å². The van der Waals surface area contributed by atoms with Crippen LogP contribution in [0, 0.1) is 6.92 Å². The third-order valence-corrected chi connectivity index (χ3v) is 7.05. The van der Waals surface area contributed by atoms with Gasteiger partial charge in [0.25, 0.3) is 17.0 Å². The van der Waals surface area contributed by atoms with Crippen molar-refractivity contribution in [3.63, 3.8) is 0 Å². The largest absolute Gasteiger partial charge is 0.469 e. The van der Waals surface area contributed by atoms with Crippen molar-refractivity contribution >= 4 is 34.2 Å². The predicted molar refractivity (Wildman–Crippen MR) is 139 cm³/mol. The van der Waals surface area contributed by atoms with Crippen molar-refractivity contribution in [1.82, 2.24) is 15.2 Å². The SMILES string of the molecule is Cc1occc1-c1nnc(SCC(=O)N2N=C(c3ccc4ccccc4c3)CC2c2ccccc2)o1. The summed E-state index contributed by atoms with van der Waals surface area (Å²) in [7, 11) is 0. The second-order valence-electron chi connectivity index (χ2n) is 8.53. The van der Waals surface area contributed by atoms with Crippen LogP contribution in [-0.2, 0) is 4.79 Å². The first-order chi connectivity index (χ1) is 17.7. The topological polar surface area (TPSA) is 84.7 Å². The van der Waals surface area contributed by atoms with Gasteiger partial charge in [0.2, 0.25) is 0 Å². The summed E-state index contributed by atoms with van der Waals surface area (Å²) in [5, 5.41) is 17.2. The molecular weight excluding hydrogens is 472 g/mol. The average molecular weight is 495 g/mol. The minimum absolute atomic E-state index is 0.121. The highest BCUT2D eigenvalue weighted by Crippen LogP contribution is 2.34. The Morgan fingerprint density at radius 1 is 1.00 bits per heavy atom. The van der Waals surface area contributed by atoms with Crippen LogP contribution in [0.15, 0.2) is 104 Å². The van der Waals surface area contributed by atoms with Gasteiger partial charge in [-0.2, -0.15) is 5.10 Å². The number of aromatic nitrogens is 2. The van der Waals surface area contributed by atoms with Crippen molar-refractivity contribution in [1.29, 1.82) is 0 Å². The molecule has 6 rings (SSSR count). The lowest BCUT2D eigenvalue weighted by molar-refractivity contribution is -0.130. The van der Waals surface area contributed by atoms with E-state index in [1.165, 1.54) is 17.1 Å². The van der Waals surface area contributed by atoms with E-state index in [2.05, 4.69) is 40.5 Å². The predicted octanol–water partition coefficient (Wildman–Crippen LogP) is 6.26. The van der Waals surface area contributed by atoms with Crippen LogP contribution < -0.4 is 0 Å². The van der Waals surface area contributed by atoms with Crippen molar-refractivity contribution in [2.75, 3.05) is 5.75 Å². The molecule has 1 aliphatic rings. The van der Waals surface area contributed by atoms with Crippen LogP contribution in [0.4, 0.5) is 0 Å². The van der Waals surface area contributed by atoms with E-state index in [1.54, 1.807) is 17.3 Å². The molecule has 7 nitrogen and oxygen atoms in total. The molecule has 8 heteroatoms. The van der Waals surface area contributed by atoms with E-state index in [-0.39, 0.29) is 17.7 Å². The number of hydrazone groups is 1. The van der Waals surface area contributed by atoms with Gasteiger partial charge in [0, 0.05) is 6.42 Å². The maximum absolute atomic E-state index is 13.4. The highest BCUT2D eigenvalue weighted by Gasteiger charge is 2.33. The second kappa shape index (κ2) is 9.47. The second-order valence-corrected chi connectivity index (χ2v) is 9.46. The van der Waals surface area contributed by atoms with E-state index >= 15 is 0 Å². The fourth-order valence-electron chi connectivity index (χ4n) is 4.39. The van der Waals surface area contributed by atoms with Crippen LogP contribution in [0.2, 0.25) is 0 Å². The van der Waals surface area contributed by atoms with Gasteiger partial charge in [-0.15, -0.1) is 10.2 Å². The van der Waals surface area contributed by atoms with E-state index in [9.17, 15) is 4.79 Å². The summed E-state index contributed by atoms with van der Waals surface area (Å²) in [5.74, 6) is 1.08. The molecule has 1 atom stereocenters. The van der Waals surface area contributed by atoms with Gasteiger partial charge >= 0.3 is 0 Å². The van der Waals surface area contributed by atoms with Gasteiger partial charge in [0.15, 0.2) is 0 Å². The molecule has 0 N–H and O–H groups in total. The first-order valence-electron chi connectivity index (χ1n) is 11.6. The number of benzene rings is 3. The molecule has 2 aromatic heterocycles. The molecule has 0 radical (unpaired) electrons. The minimum atomic E-state index is -0.174. The van der Waals surface area contributed by atoms with E-state index in [0.717, 1.165) is 27.8 Å². The van der Waals surface area contributed by atoms with Crippen molar-refractivity contribution in [2.24, 2.45) is 5.10 Å². The molecule has 178 valence electrons. The van der Waals surface area contributed by atoms with Crippen LogP contribution in [0.3, 0.4) is 0 Å². The van der Waals surface area contributed by atoms with Gasteiger partial charge in [-0.3, -0.25) is 4.79 Å². The quantitative estimate of drug-likeness (QED) is 0.259. The molecular formula is C28H22N4O3S. The number of amides is 1. The van der Waals surface area contributed by atoms with Gasteiger partial charge in [-0.05, 0) is 41.0 Å². The van der Waals surface area contributed by atoms with Gasteiger partial charge in [-0.1, -0.05) is 78.5 Å². The van der Waals surface area contributed by atoms with Crippen LogP contribution in [0.5, 0.6) is 0 Å². The average Bonchev–Trinajstić information content (AvgIpc) is 3.67. The van der Waals surface area contributed by atoms with Crippen LogP contribution in [-0.4, -0.2) is 32.6 Å². The Balaban J connectivity index is 1.24. The van der Waals surface area contributed by atoms with E-state index in [1.807, 2.05) is 49.4 Å². The summed E-state index contributed by atoms with van der Waals surface area (Å²) in [4.78, 5) is 13.4. The Morgan fingerprint density at radius 3 is 2.61 bits per heavy atom. The monoisotopic (exact) mass is 494 g/mol. The zero-order valence-electron chi connectivity index (χ0n) is 19.5. The number of nitrogens with zero attached hydrogens (tertiary/aromatic N) is 4. The lowest BCUT2D eigenvalue weighted by Crippen LogP contribution is -2.28. The first kappa shape index (κ1) is 22.3. The van der Waals surface area contributed by atoms with Gasteiger partial charge in [0.1, 0.15) is 5.76 Å². The maximum atomic E-state index is 13.4. The van der Waals surface area contributed by atoms with Gasteiger partial charge in [0.05, 0.1) is 29.3 Å². The lowest BCUT2D eigenvalue weighted by atomic mass is 9.97. The Labute approximate surface area is 211 Å². The van der Waals surface area contributed by atoms with Crippen LogP contribution in [0.1, 0.15) is 29.3 Å². The molecule has 1 aliphatic heterocycles. The Kier molecular flexibility index (Phi) is 5.87. The molecule has 0 fully saturated rings. The maximum Gasteiger partial charge on any atom is 0.277 e. The smallest absolute Gasteiger partial charge is 0.277 e. The van der Waals surface area contributed by atoms with E-state index in [4.69, 9.17) is 13.9 Å². The standard InChI is InChI=1S/C28H22N4O3S/c1-18-23(13-14-34-18)27-29-30-28(35-27)36-17-26(33)32-25(20-8-3-2-4-9-20)16-24(31-32)22-12-11-19-7-5-6-10-21(19)15-22/h2-15,25H,16-17H2,1H3. The zero-order chi connectivity index (χ0) is 24.5. The fraction of sp³-hybridized carbons (Fsp3) is 0.143. The molecule has 0 saturated heterocycles. The molecule has 3 aromatic carbocycles. The summed E-state index contributed by atoms with van der Waals surface area (Å²) in [6.45, 7) is 1.83. The van der Waals surface area contributed by atoms with Gasteiger partial charge < -0.3 is 8.83 Å². The summed E-state index contributed by atoms with van der Waals surface area (Å²) in [5.41, 5.74) is 3.71. The fourth-order valence-corrected chi connectivity index (χ4v) is 5.01. The number of hydrogen-bond donors (Lipinski definition) is 0. The Bertz CT molecular complexity index is 1570. The Morgan fingerprint density at radius 2 is 1.81 bits per heavy atom. The molecule has 1 unspecified atom stereocenters. The minimum Gasteiger partial charge on any atom is -0.469 e. The van der Waals surface area contributed by atoms with Crippen LogP contribution >= 0.6 is 11.8 Å². The number of rotatable bonds is 6. The molecule has 5 aromatic rings. The third kappa shape index (κ3) is 4.31. The molecule has 0 saturated carbocycles. The highest BCUT2D eigenvalue weighted by atomic mass is 32.2. The summed E-state index contributed by atoms with van der Waals surface area (Å²) < 4.78 is 11.0. The molecule has 0 bridgehead atoms. The lowest BCUT2D eigenvalue weighted by Gasteiger charge is -2.21. The van der Waals surface area contributed by atoms with Crippen molar-refractivity contribution in [3.05, 3.63) is 102 Å². The number of fused-ring (bicyclic) bond motifs is 1. The first-order valence-corrected chi connectivity index (χ1v) is 12.6. The van der Waals surface area contributed by atoms with E-state index < -0.39 is 0 Å². The third-order valence-electron chi connectivity index (χ3n) is 6.25. The summed E-state index contributed by atoms with van der Waals surface area (Å²) >= 11 is 1.20. The number of carbonyl (C=O) groups excluding carboxylic acids is 1. The number of hydrogen-bond acceptors (Lipinski definition) is 7. The molecule has 0 aliphatic carbocycles. The summed E-state index contributed by atoms with van der Waals surface area (Å²) in [6, 6.07) is 26.2. The van der Waals surface area contributed by atoms with E-state index in [0.29, 0.717) is 23.3 Å². The molecule has 0 spiro atoms. The van der Waals surface area contributed by atoms with Crippen molar-refractivity contribution in [3.8, 4) is 11.5 Å². The Hall–Kier alpha value is -4.17. The zero-order valence-corrected chi connectivity index (χ0v) is 20.3. The summed E-state index contributed by atoms with van der Waals surface area (Å²) in [6.07, 6.45) is 2.22. The number of carbonyl (C=O) groups is 1. The van der Waals surface area contributed by atoms with Crippen molar-refractivity contribution < 1.29 is 13.6 Å². The molecule has 36 heavy (non-hydrogen) atoms. The van der Waals surface area contributed by atoms with Crippen LogP contribution in [0.25, 0.3) is 22.2 Å². The number of furan rings is 1. The highest BCUT2D eigenvalue weighted by molar-refractivity contribution is 7.99.